The fourth-order valence-electron chi connectivity index (χ4n) is 0.684. The molecule has 1 aliphatic rings. The molecule has 1 unspecified atom stereocenters. The molecule has 0 fully saturated rings. The van der Waals surface area contributed by atoms with Gasteiger partial charge in [-0.25, -0.2) is 10.8 Å². The number of rotatable bonds is 1. The van der Waals surface area contributed by atoms with E-state index < -0.39 is 5.92 Å². The van der Waals surface area contributed by atoms with Gasteiger partial charge in [-0.05, 0) is 0 Å². The number of hydrogen-bond acceptors (Lipinski definition) is 3. The summed E-state index contributed by atoms with van der Waals surface area (Å²) >= 11 is 0. The molecule has 0 spiro atoms. The Morgan fingerprint density at radius 2 is 2.45 bits per heavy atom. The van der Waals surface area contributed by atoms with Crippen molar-refractivity contribution in [2.75, 3.05) is 0 Å². The van der Waals surface area contributed by atoms with Gasteiger partial charge in [0.05, 0.1) is 5.92 Å². The zero-order valence-electron chi connectivity index (χ0n) is 5.65. The molecule has 58 valence electrons. The lowest BCUT2D eigenvalue weighted by Crippen LogP contribution is -2.36. The number of nitrogens with one attached hydrogen (secondary N) is 1. The van der Waals surface area contributed by atoms with E-state index in [0.29, 0.717) is 0 Å². The molecule has 5 nitrogen and oxygen atoms in total. The maximum Gasteiger partial charge on any atom is 0.269 e. The molecule has 0 saturated carbocycles. The highest BCUT2D eigenvalue weighted by atomic mass is 16.2. The van der Waals surface area contributed by atoms with Crippen LogP contribution in [-0.2, 0) is 9.59 Å². The van der Waals surface area contributed by atoms with Crippen LogP contribution >= 0.6 is 0 Å². The molecule has 11 heavy (non-hydrogen) atoms. The van der Waals surface area contributed by atoms with Crippen LogP contribution < -0.4 is 11.3 Å². The third-order valence-corrected chi connectivity index (χ3v) is 1.25. The van der Waals surface area contributed by atoms with Crippen molar-refractivity contribution in [3.63, 3.8) is 0 Å². The van der Waals surface area contributed by atoms with Crippen LogP contribution in [0.3, 0.4) is 0 Å². The van der Waals surface area contributed by atoms with Crippen molar-refractivity contribution < 1.29 is 9.59 Å². The molecule has 0 bridgehead atoms. The first-order valence-electron chi connectivity index (χ1n) is 3.01. The summed E-state index contributed by atoms with van der Waals surface area (Å²) < 4.78 is 0. The van der Waals surface area contributed by atoms with Gasteiger partial charge in [0.1, 0.15) is 0 Å². The quantitative estimate of drug-likeness (QED) is 0.281. The summed E-state index contributed by atoms with van der Waals surface area (Å²) in [5.74, 6) is 3.61. The van der Waals surface area contributed by atoms with E-state index in [4.69, 9.17) is 5.84 Å². The second-order valence-electron chi connectivity index (χ2n) is 2.01. The lowest BCUT2D eigenvalue weighted by atomic mass is 10.1. The Kier molecular flexibility index (Phi) is 2.12. The maximum absolute atomic E-state index is 10.8. The summed E-state index contributed by atoms with van der Waals surface area (Å²) in [6, 6.07) is 0. The van der Waals surface area contributed by atoms with Crippen LogP contribution in [0.2, 0.25) is 0 Å². The fourth-order valence-corrected chi connectivity index (χ4v) is 0.684. The highest BCUT2D eigenvalue weighted by Crippen LogP contribution is 2.00. The van der Waals surface area contributed by atoms with Crippen LogP contribution in [-0.4, -0.2) is 18.0 Å². The first-order chi connectivity index (χ1) is 5.24. The van der Waals surface area contributed by atoms with Gasteiger partial charge in [-0.1, -0.05) is 6.08 Å². The van der Waals surface area contributed by atoms with Crippen molar-refractivity contribution in [1.82, 2.24) is 5.43 Å². The second-order valence-corrected chi connectivity index (χ2v) is 2.01. The maximum atomic E-state index is 10.8. The Hall–Kier alpha value is -1.49. The van der Waals surface area contributed by atoms with Gasteiger partial charge >= 0.3 is 0 Å². The minimum atomic E-state index is -0.516. The predicted octanol–water partition coefficient (Wildman–Crippen LogP) is -1.24. The van der Waals surface area contributed by atoms with Crippen LogP contribution in [0.4, 0.5) is 0 Å². The molecule has 0 radical (unpaired) electrons. The normalized spacial score (nSPS) is 21.9. The topological polar surface area (TPSA) is 84.5 Å². The number of hydrazine groups is 1. The van der Waals surface area contributed by atoms with Gasteiger partial charge in [0.2, 0.25) is 5.91 Å². The Bertz CT molecular complexity index is 228. The Labute approximate surface area is 62.9 Å². The lowest BCUT2D eigenvalue weighted by molar-refractivity contribution is -0.121. The Morgan fingerprint density at radius 1 is 1.73 bits per heavy atom. The summed E-state index contributed by atoms with van der Waals surface area (Å²) in [5.41, 5.74) is 1.96. The molecule has 1 rings (SSSR count). The molecule has 0 saturated heterocycles. The van der Waals surface area contributed by atoms with E-state index in [1.165, 1.54) is 18.4 Å². The molecule has 0 aromatic rings. The summed E-state index contributed by atoms with van der Waals surface area (Å²) in [4.78, 5) is 24.7. The fraction of sp³-hybridized carbons (Fsp3) is 0.167. The minimum Gasteiger partial charge on any atom is -0.293 e. The van der Waals surface area contributed by atoms with Crippen LogP contribution in [0.25, 0.3) is 0 Å². The molecule has 3 N–H and O–H groups in total. The van der Waals surface area contributed by atoms with E-state index in [2.05, 4.69) is 4.99 Å². The van der Waals surface area contributed by atoms with Crippen molar-refractivity contribution in [3.8, 4) is 0 Å². The Balaban J connectivity index is 2.65. The summed E-state index contributed by atoms with van der Waals surface area (Å²) in [5, 5.41) is 0. The van der Waals surface area contributed by atoms with Crippen molar-refractivity contribution >= 4 is 18.0 Å². The van der Waals surface area contributed by atoms with Crippen molar-refractivity contribution in [1.29, 1.82) is 0 Å². The third-order valence-electron chi connectivity index (χ3n) is 1.25. The van der Waals surface area contributed by atoms with E-state index in [1.807, 2.05) is 5.43 Å². The number of dihydropyridines is 1. The smallest absolute Gasteiger partial charge is 0.269 e. The molecule has 1 aliphatic heterocycles. The first-order valence-corrected chi connectivity index (χ1v) is 3.01. The average molecular weight is 153 g/mol. The summed E-state index contributed by atoms with van der Waals surface area (Å²) in [6.07, 6.45) is 3.93. The number of hydrogen-bond donors (Lipinski definition) is 2. The van der Waals surface area contributed by atoms with E-state index in [9.17, 15) is 9.59 Å². The van der Waals surface area contributed by atoms with E-state index in [1.54, 1.807) is 0 Å². The number of carbonyl (C=O) groups excluding carboxylic acids is 2. The predicted molar refractivity (Wildman–Crippen MR) is 38.5 cm³/mol. The SMILES string of the molecule is NNC(=O)C1C=CC(=O)N=C1. The monoisotopic (exact) mass is 153 g/mol. The Morgan fingerprint density at radius 3 is 2.91 bits per heavy atom. The average Bonchev–Trinajstić information content (AvgIpc) is 2.05. The molecule has 5 heteroatoms. The van der Waals surface area contributed by atoms with Gasteiger partial charge in [-0.3, -0.25) is 15.0 Å². The van der Waals surface area contributed by atoms with Crippen LogP contribution in [0.5, 0.6) is 0 Å². The second kappa shape index (κ2) is 3.07. The van der Waals surface area contributed by atoms with Gasteiger partial charge in [0.15, 0.2) is 0 Å². The molecule has 1 atom stereocenters. The van der Waals surface area contributed by atoms with Crippen LogP contribution in [0.15, 0.2) is 17.1 Å². The number of nitrogens with zero attached hydrogens (tertiary/aromatic N) is 1. The van der Waals surface area contributed by atoms with Crippen molar-refractivity contribution in [3.05, 3.63) is 12.2 Å². The number of amides is 2. The van der Waals surface area contributed by atoms with Gasteiger partial charge < -0.3 is 0 Å². The number of carbonyl (C=O) groups is 2. The zero-order chi connectivity index (χ0) is 8.27. The van der Waals surface area contributed by atoms with Crippen LogP contribution in [0, 0.1) is 5.92 Å². The van der Waals surface area contributed by atoms with Crippen molar-refractivity contribution in [2.45, 2.75) is 0 Å². The summed E-state index contributed by atoms with van der Waals surface area (Å²) in [7, 11) is 0. The molecule has 0 aromatic heterocycles. The number of nitrogens with two attached hydrogens (primary N) is 1. The third kappa shape index (κ3) is 1.71. The van der Waals surface area contributed by atoms with Crippen molar-refractivity contribution in [2.24, 2.45) is 16.8 Å². The van der Waals surface area contributed by atoms with E-state index >= 15 is 0 Å². The van der Waals surface area contributed by atoms with E-state index in [0.717, 1.165) is 0 Å². The van der Waals surface area contributed by atoms with Gasteiger partial charge in [-0.2, -0.15) is 0 Å². The largest absolute Gasteiger partial charge is 0.293 e. The first kappa shape index (κ1) is 7.62. The molecular weight excluding hydrogens is 146 g/mol. The van der Waals surface area contributed by atoms with Gasteiger partial charge in [0.25, 0.3) is 5.91 Å². The minimum absolute atomic E-state index is 0.355. The standard InChI is InChI=1S/C6H7N3O2/c7-9-6(11)4-1-2-5(10)8-3-4/h1-4H,7H2,(H,9,11). The molecule has 0 aliphatic carbocycles. The highest BCUT2D eigenvalue weighted by Gasteiger charge is 2.14. The molecule has 0 aromatic carbocycles. The van der Waals surface area contributed by atoms with Gasteiger partial charge in [0, 0.05) is 12.3 Å². The zero-order valence-corrected chi connectivity index (χ0v) is 5.65. The lowest BCUT2D eigenvalue weighted by Gasteiger charge is -2.06. The van der Waals surface area contributed by atoms with Gasteiger partial charge in [-0.15, -0.1) is 0 Å². The summed E-state index contributed by atoms with van der Waals surface area (Å²) in [6.45, 7) is 0. The van der Waals surface area contributed by atoms with E-state index in [-0.39, 0.29) is 11.8 Å². The molecule has 1 heterocycles. The molecular formula is C6H7N3O2. The number of aliphatic imine (C=N–C) groups is 1. The highest BCUT2D eigenvalue weighted by molar-refractivity contribution is 6.04. The van der Waals surface area contributed by atoms with Crippen LogP contribution in [0.1, 0.15) is 0 Å². The molecule has 2 amide bonds.